The number of piperidine rings is 1. The number of anilines is 2. The van der Waals surface area contributed by atoms with Crippen LogP contribution < -0.4 is 15.4 Å². The van der Waals surface area contributed by atoms with Crippen molar-refractivity contribution in [2.75, 3.05) is 25.5 Å². The molecule has 1 aliphatic heterocycles. The maximum absolute atomic E-state index is 13.9. The first kappa shape index (κ1) is 19.5. The van der Waals surface area contributed by atoms with Crippen LogP contribution in [0, 0.1) is 12.7 Å². The number of fused-ring (bicyclic) bond motifs is 1. The summed E-state index contributed by atoms with van der Waals surface area (Å²) in [5.74, 6) is 0.164. The van der Waals surface area contributed by atoms with Gasteiger partial charge < -0.3 is 20.1 Å². The molecule has 4 rings (SSSR count). The minimum atomic E-state index is -0.410. The first-order valence-corrected chi connectivity index (χ1v) is 10.1. The van der Waals surface area contributed by atoms with E-state index in [1.807, 2.05) is 6.92 Å². The van der Waals surface area contributed by atoms with E-state index >= 15 is 0 Å². The number of benzene rings is 1. The summed E-state index contributed by atoms with van der Waals surface area (Å²) in [5, 5.41) is 7.25. The molecule has 3 heterocycles. The molecule has 1 atom stereocenters. The first-order chi connectivity index (χ1) is 14.1. The SMILES string of the molecule is COC(=O)c1sc2ncnc(Nc3ccc(F)cc3OC3CCCNC3)c2c1C. The van der Waals surface area contributed by atoms with Crippen LogP contribution in [-0.2, 0) is 4.74 Å². The van der Waals surface area contributed by atoms with Crippen molar-refractivity contribution >= 4 is 39.0 Å². The minimum absolute atomic E-state index is 0.0228. The van der Waals surface area contributed by atoms with Crippen LogP contribution in [-0.4, -0.2) is 42.2 Å². The standard InChI is InChI=1S/C20H21FN4O3S/c1-11-16-18(23-10-24-19(16)29-17(11)20(26)27-2)25-14-6-5-12(21)8-15(14)28-13-4-3-7-22-9-13/h5-6,8,10,13,22H,3-4,7,9H2,1-2H3,(H,23,24,25). The van der Waals surface area contributed by atoms with Gasteiger partial charge >= 0.3 is 5.97 Å². The number of rotatable bonds is 5. The van der Waals surface area contributed by atoms with Gasteiger partial charge in [-0.05, 0) is 44.0 Å². The maximum atomic E-state index is 13.9. The van der Waals surface area contributed by atoms with E-state index in [2.05, 4.69) is 20.6 Å². The summed E-state index contributed by atoms with van der Waals surface area (Å²) >= 11 is 1.25. The smallest absolute Gasteiger partial charge is 0.348 e. The van der Waals surface area contributed by atoms with Gasteiger partial charge in [0.15, 0.2) is 0 Å². The largest absolute Gasteiger partial charge is 0.487 e. The fourth-order valence-electron chi connectivity index (χ4n) is 3.38. The third kappa shape index (κ3) is 4.01. The number of nitrogens with zero attached hydrogens (tertiary/aromatic N) is 2. The molecule has 0 spiro atoms. The lowest BCUT2D eigenvalue weighted by molar-refractivity contribution is 0.0605. The summed E-state index contributed by atoms with van der Waals surface area (Å²) in [4.78, 5) is 21.8. The second-order valence-corrected chi connectivity index (χ2v) is 7.80. The Morgan fingerprint density at radius 2 is 2.24 bits per heavy atom. The van der Waals surface area contributed by atoms with E-state index in [1.165, 1.54) is 36.9 Å². The van der Waals surface area contributed by atoms with Gasteiger partial charge in [0.25, 0.3) is 0 Å². The number of carbonyl (C=O) groups is 1. The van der Waals surface area contributed by atoms with Gasteiger partial charge in [0.1, 0.15) is 39.5 Å². The highest BCUT2D eigenvalue weighted by Crippen LogP contribution is 2.37. The van der Waals surface area contributed by atoms with Crippen LogP contribution in [0.3, 0.4) is 0 Å². The van der Waals surface area contributed by atoms with Gasteiger partial charge in [0.2, 0.25) is 0 Å². The van der Waals surface area contributed by atoms with Gasteiger partial charge in [-0.15, -0.1) is 11.3 Å². The third-order valence-corrected chi connectivity index (χ3v) is 6.02. The van der Waals surface area contributed by atoms with Crippen LogP contribution in [0.5, 0.6) is 5.75 Å². The average molecular weight is 416 g/mol. The van der Waals surface area contributed by atoms with Crippen LogP contribution in [0.1, 0.15) is 28.1 Å². The number of ether oxygens (including phenoxy) is 2. The number of hydrogen-bond donors (Lipinski definition) is 2. The fourth-order valence-corrected chi connectivity index (χ4v) is 4.45. The predicted molar refractivity (Wildman–Crippen MR) is 110 cm³/mol. The quantitative estimate of drug-likeness (QED) is 0.612. The van der Waals surface area contributed by atoms with Gasteiger partial charge in [-0.25, -0.2) is 19.2 Å². The van der Waals surface area contributed by atoms with Crippen molar-refractivity contribution < 1.29 is 18.7 Å². The Bertz CT molecular complexity index is 1050. The van der Waals surface area contributed by atoms with Gasteiger partial charge in [-0.3, -0.25) is 0 Å². The van der Waals surface area contributed by atoms with E-state index in [0.29, 0.717) is 27.0 Å². The number of hydrogen-bond acceptors (Lipinski definition) is 8. The first-order valence-electron chi connectivity index (χ1n) is 9.33. The number of aromatic nitrogens is 2. The van der Waals surface area contributed by atoms with E-state index in [1.54, 1.807) is 6.07 Å². The van der Waals surface area contributed by atoms with Crippen LogP contribution in [0.4, 0.5) is 15.9 Å². The monoisotopic (exact) mass is 416 g/mol. The molecule has 1 fully saturated rings. The molecule has 29 heavy (non-hydrogen) atoms. The molecule has 9 heteroatoms. The highest BCUT2D eigenvalue weighted by Gasteiger charge is 2.21. The zero-order valence-corrected chi connectivity index (χ0v) is 16.9. The zero-order chi connectivity index (χ0) is 20.4. The van der Waals surface area contributed by atoms with E-state index < -0.39 is 5.97 Å². The number of esters is 1. The van der Waals surface area contributed by atoms with Crippen molar-refractivity contribution in [2.45, 2.75) is 25.9 Å². The maximum Gasteiger partial charge on any atom is 0.348 e. The van der Waals surface area contributed by atoms with Crippen molar-refractivity contribution in [1.29, 1.82) is 0 Å². The summed E-state index contributed by atoms with van der Waals surface area (Å²) in [6, 6.07) is 4.36. The Morgan fingerprint density at radius 3 is 3.00 bits per heavy atom. The Hall–Kier alpha value is -2.78. The normalized spacial score (nSPS) is 16.6. The molecule has 0 bridgehead atoms. The average Bonchev–Trinajstić information content (AvgIpc) is 3.08. The lowest BCUT2D eigenvalue weighted by Gasteiger charge is -2.25. The van der Waals surface area contributed by atoms with Gasteiger partial charge in [-0.2, -0.15) is 0 Å². The lowest BCUT2D eigenvalue weighted by atomic mass is 10.1. The topological polar surface area (TPSA) is 85.4 Å². The summed E-state index contributed by atoms with van der Waals surface area (Å²) < 4.78 is 24.8. The molecule has 1 aliphatic rings. The molecule has 0 saturated carbocycles. The molecule has 2 aromatic heterocycles. The van der Waals surface area contributed by atoms with E-state index in [-0.39, 0.29) is 11.9 Å². The molecule has 3 aromatic rings. The molecule has 0 aliphatic carbocycles. The Kier molecular flexibility index (Phi) is 5.59. The molecule has 0 amide bonds. The van der Waals surface area contributed by atoms with E-state index in [4.69, 9.17) is 9.47 Å². The zero-order valence-electron chi connectivity index (χ0n) is 16.1. The van der Waals surface area contributed by atoms with E-state index in [9.17, 15) is 9.18 Å². The molecule has 152 valence electrons. The van der Waals surface area contributed by atoms with Crippen LogP contribution in [0.2, 0.25) is 0 Å². The summed E-state index contributed by atoms with van der Waals surface area (Å²) in [7, 11) is 1.35. The van der Waals surface area contributed by atoms with Crippen LogP contribution in [0.15, 0.2) is 24.5 Å². The van der Waals surface area contributed by atoms with Gasteiger partial charge in [0.05, 0.1) is 18.2 Å². The van der Waals surface area contributed by atoms with Crippen LogP contribution in [0.25, 0.3) is 10.2 Å². The van der Waals surface area contributed by atoms with Crippen molar-refractivity contribution in [3.05, 3.63) is 40.8 Å². The second kappa shape index (κ2) is 8.30. The number of carbonyl (C=O) groups excluding carboxylic acids is 1. The third-order valence-electron chi connectivity index (χ3n) is 4.84. The highest BCUT2D eigenvalue weighted by molar-refractivity contribution is 7.20. The molecule has 2 N–H and O–H groups in total. The lowest BCUT2D eigenvalue weighted by Crippen LogP contribution is -2.37. The van der Waals surface area contributed by atoms with Crippen molar-refractivity contribution in [3.8, 4) is 5.75 Å². The second-order valence-electron chi connectivity index (χ2n) is 6.80. The molecular weight excluding hydrogens is 395 g/mol. The molecular formula is C20H21FN4O3S. The number of methoxy groups -OCH3 is 1. The Balaban J connectivity index is 1.70. The highest BCUT2D eigenvalue weighted by atomic mass is 32.1. The van der Waals surface area contributed by atoms with Gasteiger partial charge in [0, 0.05) is 12.6 Å². The number of halogens is 1. The van der Waals surface area contributed by atoms with E-state index in [0.717, 1.165) is 36.9 Å². The summed E-state index contributed by atoms with van der Waals surface area (Å²) in [5.41, 5.74) is 1.34. The number of nitrogens with one attached hydrogen (secondary N) is 2. The molecule has 1 unspecified atom stereocenters. The molecule has 7 nitrogen and oxygen atoms in total. The predicted octanol–water partition coefficient (Wildman–Crippen LogP) is 3.80. The number of aryl methyl sites for hydroxylation is 1. The molecule has 0 radical (unpaired) electrons. The molecule has 1 aromatic carbocycles. The van der Waals surface area contributed by atoms with Crippen molar-refractivity contribution in [3.63, 3.8) is 0 Å². The van der Waals surface area contributed by atoms with Crippen molar-refractivity contribution in [1.82, 2.24) is 15.3 Å². The fraction of sp³-hybridized carbons (Fsp3) is 0.350. The van der Waals surface area contributed by atoms with Crippen molar-refractivity contribution in [2.24, 2.45) is 0 Å². The number of thiophene rings is 1. The summed E-state index contributed by atoms with van der Waals surface area (Å²) in [6.07, 6.45) is 3.33. The Morgan fingerprint density at radius 1 is 1.38 bits per heavy atom. The Labute approximate surface area is 171 Å². The summed E-state index contributed by atoms with van der Waals surface area (Å²) in [6.45, 7) is 3.52. The van der Waals surface area contributed by atoms with Gasteiger partial charge in [-0.1, -0.05) is 0 Å². The van der Waals surface area contributed by atoms with Crippen LogP contribution >= 0.6 is 11.3 Å². The molecule has 1 saturated heterocycles. The minimum Gasteiger partial charge on any atom is -0.487 e.